The van der Waals surface area contributed by atoms with E-state index in [4.69, 9.17) is 9.84 Å². The van der Waals surface area contributed by atoms with E-state index >= 15 is 0 Å². The molecule has 1 rings (SSSR count). The van der Waals surface area contributed by atoms with E-state index in [1.54, 1.807) is 0 Å². The van der Waals surface area contributed by atoms with Crippen LogP contribution in [-0.4, -0.2) is 24.4 Å². The molecule has 0 aromatic rings. The van der Waals surface area contributed by atoms with Crippen LogP contribution in [0.4, 0.5) is 0 Å². The van der Waals surface area contributed by atoms with Crippen molar-refractivity contribution in [1.29, 1.82) is 0 Å². The largest absolute Gasteiger partial charge is 0.392 e. The summed E-state index contributed by atoms with van der Waals surface area (Å²) < 4.78 is 5.51. The minimum Gasteiger partial charge on any atom is -0.392 e. The molecule has 2 nitrogen and oxygen atoms in total. The van der Waals surface area contributed by atoms with Crippen LogP contribution in [0.1, 0.15) is 26.2 Å². The smallest absolute Gasteiger partial charge is 0.0783 e. The normalized spacial score (nSPS) is 29.3. The lowest BCUT2D eigenvalue weighted by atomic mass is 9.99. The fourth-order valence-electron chi connectivity index (χ4n) is 1.50. The summed E-state index contributed by atoms with van der Waals surface area (Å²) in [4.78, 5) is 0. The maximum atomic E-state index is 8.70. The first-order chi connectivity index (χ1) is 5.38. The highest BCUT2D eigenvalue weighted by atomic mass is 16.5. The molecule has 1 aliphatic heterocycles. The van der Waals surface area contributed by atoms with Crippen LogP contribution in [0, 0.1) is 0 Å². The molecule has 11 heavy (non-hydrogen) atoms. The number of aliphatic hydroxyl groups excluding tert-OH is 1. The maximum Gasteiger partial charge on any atom is 0.0783 e. The second-order valence-electron chi connectivity index (χ2n) is 2.83. The van der Waals surface area contributed by atoms with Crippen molar-refractivity contribution in [2.45, 2.75) is 32.3 Å². The number of hydrogen-bond acceptors (Lipinski definition) is 2. The second kappa shape index (κ2) is 4.52. The minimum atomic E-state index is 0.148. The van der Waals surface area contributed by atoms with E-state index in [0.717, 1.165) is 25.9 Å². The van der Waals surface area contributed by atoms with Crippen molar-refractivity contribution in [2.75, 3.05) is 13.2 Å². The van der Waals surface area contributed by atoms with Gasteiger partial charge in [0.25, 0.3) is 0 Å². The molecule has 0 amide bonds. The van der Waals surface area contributed by atoms with Crippen molar-refractivity contribution in [2.24, 2.45) is 0 Å². The third kappa shape index (κ3) is 2.31. The van der Waals surface area contributed by atoms with Crippen molar-refractivity contribution in [1.82, 2.24) is 0 Å². The second-order valence-corrected chi connectivity index (χ2v) is 2.83. The molecule has 64 valence electrons. The van der Waals surface area contributed by atoms with Crippen molar-refractivity contribution >= 4 is 0 Å². The Labute approximate surface area is 67.9 Å². The Bertz CT molecular complexity index is 140. The van der Waals surface area contributed by atoms with Crippen LogP contribution in [0.3, 0.4) is 0 Å². The Morgan fingerprint density at radius 2 is 2.55 bits per heavy atom. The van der Waals surface area contributed by atoms with Gasteiger partial charge in [-0.05, 0) is 24.8 Å². The molecule has 1 atom stereocenters. The van der Waals surface area contributed by atoms with Gasteiger partial charge in [0.05, 0.1) is 12.7 Å². The highest BCUT2D eigenvalue weighted by Gasteiger charge is 2.16. The Morgan fingerprint density at radius 3 is 3.18 bits per heavy atom. The monoisotopic (exact) mass is 156 g/mol. The SMILES string of the molecule is CC[C@H]1OCCCC1=CCO. The van der Waals surface area contributed by atoms with Gasteiger partial charge >= 0.3 is 0 Å². The number of ether oxygens (including phenoxy) is 1. The Kier molecular flexibility index (Phi) is 3.60. The molecule has 0 spiro atoms. The van der Waals surface area contributed by atoms with Crippen LogP contribution in [0.25, 0.3) is 0 Å². The average molecular weight is 156 g/mol. The quantitative estimate of drug-likeness (QED) is 0.614. The first-order valence-corrected chi connectivity index (χ1v) is 4.30. The lowest BCUT2D eigenvalue weighted by Gasteiger charge is -2.24. The van der Waals surface area contributed by atoms with Gasteiger partial charge in [0.1, 0.15) is 0 Å². The molecule has 2 heteroatoms. The lowest BCUT2D eigenvalue weighted by molar-refractivity contribution is 0.0500. The van der Waals surface area contributed by atoms with E-state index in [-0.39, 0.29) is 12.7 Å². The van der Waals surface area contributed by atoms with E-state index in [1.807, 2.05) is 6.08 Å². The molecule has 1 N–H and O–H groups in total. The van der Waals surface area contributed by atoms with E-state index in [9.17, 15) is 0 Å². The van der Waals surface area contributed by atoms with Crippen molar-refractivity contribution in [3.8, 4) is 0 Å². The third-order valence-corrected chi connectivity index (χ3v) is 2.07. The van der Waals surface area contributed by atoms with Gasteiger partial charge in [0, 0.05) is 6.61 Å². The zero-order valence-corrected chi connectivity index (χ0v) is 7.05. The predicted molar refractivity (Wildman–Crippen MR) is 44.4 cm³/mol. The Morgan fingerprint density at radius 1 is 1.73 bits per heavy atom. The van der Waals surface area contributed by atoms with Crippen LogP contribution >= 0.6 is 0 Å². The van der Waals surface area contributed by atoms with Gasteiger partial charge in [0.15, 0.2) is 0 Å². The van der Waals surface area contributed by atoms with Crippen LogP contribution in [0.2, 0.25) is 0 Å². The first kappa shape index (κ1) is 8.75. The van der Waals surface area contributed by atoms with Crippen LogP contribution < -0.4 is 0 Å². The van der Waals surface area contributed by atoms with E-state index in [2.05, 4.69) is 6.92 Å². The Balaban J connectivity index is 2.51. The fraction of sp³-hybridized carbons (Fsp3) is 0.778. The van der Waals surface area contributed by atoms with Gasteiger partial charge in [-0.25, -0.2) is 0 Å². The van der Waals surface area contributed by atoms with Gasteiger partial charge in [-0.15, -0.1) is 0 Å². The molecule has 1 aliphatic rings. The van der Waals surface area contributed by atoms with Gasteiger partial charge < -0.3 is 9.84 Å². The zero-order chi connectivity index (χ0) is 8.10. The molecule has 0 aromatic heterocycles. The van der Waals surface area contributed by atoms with Crippen molar-refractivity contribution in [3.63, 3.8) is 0 Å². The molecular weight excluding hydrogens is 140 g/mol. The fourth-order valence-corrected chi connectivity index (χ4v) is 1.50. The topological polar surface area (TPSA) is 29.5 Å². The first-order valence-electron chi connectivity index (χ1n) is 4.30. The zero-order valence-electron chi connectivity index (χ0n) is 7.05. The molecule has 0 aromatic carbocycles. The summed E-state index contributed by atoms with van der Waals surface area (Å²) in [6.45, 7) is 3.14. The Hall–Kier alpha value is -0.340. The molecule has 0 bridgehead atoms. The van der Waals surface area contributed by atoms with Gasteiger partial charge in [-0.2, -0.15) is 0 Å². The van der Waals surface area contributed by atoms with Gasteiger partial charge in [0.2, 0.25) is 0 Å². The van der Waals surface area contributed by atoms with E-state index < -0.39 is 0 Å². The summed E-state index contributed by atoms with van der Waals surface area (Å²) in [5.74, 6) is 0. The maximum absolute atomic E-state index is 8.70. The highest BCUT2D eigenvalue weighted by molar-refractivity contribution is 5.10. The molecule has 0 radical (unpaired) electrons. The van der Waals surface area contributed by atoms with Crippen LogP contribution in [0.15, 0.2) is 11.6 Å². The molecule has 0 unspecified atom stereocenters. The van der Waals surface area contributed by atoms with Gasteiger partial charge in [-0.3, -0.25) is 0 Å². The third-order valence-electron chi connectivity index (χ3n) is 2.07. The van der Waals surface area contributed by atoms with Crippen molar-refractivity contribution in [3.05, 3.63) is 11.6 Å². The number of aliphatic hydroxyl groups is 1. The highest BCUT2D eigenvalue weighted by Crippen LogP contribution is 2.21. The minimum absolute atomic E-state index is 0.148. The summed E-state index contributed by atoms with van der Waals surface area (Å²) in [5.41, 5.74) is 1.28. The van der Waals surface area contributed by atoms with Crippen molar-refractivity contribution < 1.29 is 9.84 Å². The molecule has 1 heterocycles. The summed E-state index contributed by atoms with van der Waals surface area (Å²) in [6, 6.07) is 0. The van der Waals surface area contributed by atoms with E-state index in [1.165, 1.54) is 5.57 Å². The summed E-state index contributed by atoms with van der Waals surface area (Å²) in [7, 11) is 0. The number of rotatable bonds is 2. The molecular formula is C9H16O2. The predicted octanol–water partition coefficient (Wildman–Crippen LogP) is 1.49. The summed E-state index contributed by atoms with van der Waals surface area (Å²) in [5, 5.41) is 8.70. The number of hydrogen-bond donors (Lipinski definition) is 1. The summed E-state index contributed by atoms with van der Waals surface area (Å²) >= 11 is 0. The molecule has 0 aliphatic carbocycles. The standard InChI is InChI=1S/C9H16O2/c1-2-9-8(5-6-10)4-3-7-11-9/h5,9-10H,2-4,6-7H2,1H3/t9-/m1/s1. The average Bonchev–Trinajstić information content (AvgIpc) is 2.06. The van der Waals surface area contributed by atoms with Crippen LogP contribution in [0.5, 0.6) is 0 Å². The molecule has 1 saturated heterocycles. The molecule has 1 fully saturated rings. The lowest BCUT2D eigenvalue weighted by Crippen LogP contribution is -2.21. The van der Waals surface area contributed by atoms with E-state index in [0.29, 0.717) is 0 Å². The molecule has 0 saturated carbocycles. The van der Waals surface area contributed by atoms with Crippen LogP contribution in [-0.2, 0) is 4.74 Å². The van der Waals surface area contributed by atoms with Gasteiger partial charge in [-0.1, -0.05) is 13.0 Å². The summed E-state index contributed by atoms with van der Waals surface area (Å²) in [6.07, 6.45) is 5.37.